The van der Waals surface area contributed by atoms with Gasteiger partial charge in [0.2, 0.25) is 5.91 Å². The van der Waals surface area contributed by atoms with Crippen molar-refractivity contribution in [3.63, 3.8) is 0 Å². The predicted octanol–water partition coefficient (Wildman–Crippen LogP) is 1.58. The fourth-order valence-electron chi connectivity index (χ4n) is 2.32. The van der Waals surface area contributed by atoms with Gasteiger partial charge in [0, 0.05) is 13.6 Å². The summed E-state index contributed by atoms with van der Waals surface area (Å²) in [7, 11) is 1.75. The molecule has 1 aromatic carbocycles. The van der Waals surface area contributed by atoms with Crippen molar-refractivity contribution in [2.24, 2.45) is 5.92 Å². The van der Waals surface area contributed by atoms with E-state index in [2.05, 4.69) is 5.32 Å². The molecule has 1 atom stereocenters. The van der Waals surface area contributed by atoms with Crippen molar-refractivity contribution in [3.05, 3.63) is 35.4 Å². The maximum absolute atomic E-state index is 13.1. The van der Waals surface area contributed by atoms with Crippen molar-refractivity contribution >= 4 is 5.91 Å². The minimum atomic E-state index is -0.909. The molecule has 1 saturated heterocycles. The highest BCUT2D eigenvalue weighted by Crippen LogP contribution is 2.12. The molecule has 1 aromatic rings. The van der Waals surface area contributed by atoms with Crippen LogP contribution in [0.1, 0.15) is 12.0 Å². The third kappa shape index (κ3) is 3.73. The number of carbonyl (C=O) groups excluding carboxylic acids is 1. The quantitative estimate of drug-likeness (QED) is 0.899. The summed E-state index contributed by atoms with van der Waals surface area (Å²) in [5.41, 5.74) is 0.500. The van der Waals surface area contributed by atoms with Gasteiger partial charge in [0.25, 0.3) is 0 Å². The van der Waals surface area contributed by atoms with Gasteiger partial charge in [-0.2, -0.15) is 0 Å². The minimum Gasteiger partial charge on any atom is -0.345 e. The number of hydrogen-bond donors (Lipinski definition) is 1. The molecule has 0 radical (unpaired) electrons. The van der Waals surface area contributed by atoms with Gasteiger partial charge < -0.3 is 10.2 Å². The molecule has 0 spiro atoms. The fraction of sp³-hybridized carbons (Fsp3) is 0.500. The number of nitrogens with one attached hydrogen (secondary N) is 1. The topological polar surface area (TPSA) is 32.3 Å². The van der Waals surface area contributed by atoms with Gasteiger partial charge in [0.15, 0.2) is 11.6 Å². The van der Waals surface area contributed by atoms with E-state index in [0.717, 1.165) is 31.6 Å². The molecule has 1 aliphatic heterocycles. The highest BCUT2D eigenvalue weighted by Gasteiger charge is 2.19. The first-order valence-corrected chi connectivity index (χ1v) is 6.45. The van der Waals surface area contributed by atoms with Crippen LogP contribution in [-0.4, -0.2) is 37.5 Å². The third-order valence-electron chi connectivity index (χ3n) is 3.46. The minimum absolute atomic E-state index is 0.0714. The van der Waals surface area contributed by atoms with Crippen molar-refractivity contribution < 1.29 is 13.6 Å². The molecule has 0 saturated carbocycles. The lowest BCUT2D eigenvalue weighted by Gasteiger charge is -2.20. The first kappa shape index (κ1) is 13.9. The number of amides is 1. The van der Waals surface area contributed by atoms with Crippen LogP contribution in [0.3, 0.4) is 0 Å². The molecule has 19 heavy (non-hydrogen) atoms. The Morgan fingerprint density at radius 3 is 2.84 bits per heavy atom. The Hall–Kier alpha value is -1.49. The van der Waals surface area contributed by atoms with Crippen molar-refractivity contribution in [2.45, 2.75) is 12.8 Å². The smallest absolute Gasteiger partial charge is 0.226 e. The van der Waals surface area contributed by atoms with Gasteiger partial charge in [0.1, 0.15) is 0 Å². The third-order valence-corrected chi connectivity index (χ3v) is 3.46. The maximum atomic E-state index is 13.1. The first-order chi connectivity index (χ1) is 9.06. The zero-order chi connectivity index (χ0) is 13.8. The molecule has 1 N–H and O–H groups in total. The predicted molar refractivity (Wildman–Crippen MR) is 68.7 cm³/mol. The van der Waals surface area contributed by atoms with Crippen LogP contribution >= 0.6 is 0 Å². The summed E-state index contributed by atoms with van der Waals surface area (Å²) in [6, 6.07) is 3.58. The number of likely N-dealkylation sites (N-methyl/N-ethyl adjacent to an activating group) is 1. The van der Waals surface area contributed by atoms with E-state index >= 15 is 0 Å². The van der Waals surface area contributed by atoms with Gasteiger partial charge in [-0.15, -0.1) is 0 Å². The number of hydrogen-bond acceptors (Lipinski definition) is 2. The largest absolute Gasteiger partial charge is 0.345 e. The van der Waals surface area contributed by atoms with Gasteiger partial charge in [-0.1, -0.05) is 6.07 Å². The molecule has 1 amide bonds. The Morgan fingerprint density at radius 1 is 1.42 bits per heavy atom. The molecule has 2 rings (SSSR count). The Morgan fingerprint density at radius 2 is 2.21 bits per heavy atom. The lowest BCUT2D eigenvalue weighted by atomic mass is 10.1. The van der Waals surface area contributed by atoms with Crippen LogP contribution in [0.25, 0.3) is 0 Å². The van der Waals surface area contributed by atoms with Gasteiger partial charge in [0.05, 0.1) is 6.42 Å². The van der Waals surface area contributed by atoms with E-state index in [1.807, 2.05) is 0 Å². The molecule has 3 nitrogen and oxygen atoms in total. The number of nitrogens with zero attached hydrogens (tertiary/aromatic N) is 1. The van der Waals surface area contributed by atoms with Crippen molar-refractivity contribution in [2.75, 3.05) is 26.7 Å². The highest BCUT2D eigenvalue weighted by atomic mass is 19.2. The number of benzene rings is 1. The molecule has 1 unspecified atom stereocenters. The van der Waals surface area contributed by atoms with Gasteiger partial charge in [-0.05, 0) is 43.1 Å². The van der Waals surface area contributed by atoms with Gasteiger partial charge in [-0.3, -0.25) is 4.79 Å². The van der Waals surface area contributed by atoms with Crippen LogP contribution in [0.15, 0.2) is 18.2 Å². The van der Waals surface area contributed by atoms with E-state index in [1.54, 1.807) is 11.9 Å². The Bertz CT molecular complexity index is 459. The zero-order valence-corrected chi connectivity index (χ0v) is 11.0. The van der Waals surface area contributed by atoms with E-state index < -0.39 is 11.6 Å². The molecule has 1 aliphatic rings. The average molecular weight is 268 g/mol. The molecule has 1 heterocycles. The monoisotopic (exact) mass is 268 g/mol. The van der Waals surface area contributed by atoms with E-state index in [-0.39, 0.29) is 12.3 Å². The fourth-order valence-corrected chi connectivity index (χ4v) is 2.32. The summed E-state index contributed by atoms with van der Waals surface area (Å²) in [6.45, 7) is 2.63. The lowest BCUT2D eigenvalue weighted by Crippen LogP contribution is -2.33. The van der Waals surface area contributed by atoms with Crippen LogP contribution in [0.4, 0.5) is 8.78 Å². The molecule has 5 heteroatoms. The van der Waals surface area contributed by atoms with Gasteiger partial charge in [-0.25, -0.2) is 8.78 Å². The Balaban J connectivity index is 1.90. The SMILES string of the molecule is CN(CC1CCNC1)C(=O)Cc1ccc(F)c(F)c1. The zero-order valence-electron chi connectivity index (χ0n) is 11.0. The van der Waals surface area contributed by atoms with E-state index in [9.17, 15) is 13.6 Å². The normalized spacial score (nSPS) is 18.6. The second-order valence-electron chi connectivity index (χ2n) is 5.06. The molecule has 104 valence electrons. The van der Waals surface area contributed by atoms with Crippen LogP contribution < -0.4 is 5.32 Å². The van der Waals surface area contributed by atoms with E-state index in [0.29, 0.717) is 18.0 Å². The molecule has 0 bridgehead atoms. The van der Waals surface area contributed by atoms with E-state index in [1.165, 1.54) is 6.07 Å². The number of rotatable bonds is 4. The summed E-state index contributed by atoms with van der Waals surface area (Å²) >= 11 is 0. The second-order valence-corrected chi connectivity index (χ2v) is 5.06. The van der Waals surface area contributed by atoms with Gasteiger partial charge >= 0.3 is 0 Å². The van der Waals surface area contributed by atoms with Crippen molar-refractivity contribution in [1.29, 1.82) is 0 Å². The van der Waals surface area contributed by atoms with Crippen LogP contribution in [-0.2, 0) is 11.2 Å². The maximum Gasteiger partial charge on any atom is 0.226 e. The summed E-state index contributed by atoms with van der Waals surface area (Å²) in [5.74, 6) is -1.38. The summed E-state index contributed by atoms with van der Waals surface area (Å²) in [6.07, 6.45) is 1.18. The summed E-state index contributed by atoms with van der Waals surface area (Å²) in [4.78, 5) is 13.7. The summed E-state index contributed by atoms with van der Waals surface area (Å²) in [5, 5.41) is 3.25. The lowest BCUT2D eigenvalue weighted by molar-refractivity contribution is -0.129. The van der Waals surface area contributed by atoms with E-state index in [4.69, 9.17) is 0 Å². The highest BCUT2D eigenvalue weighted by molar-refractivity contribution is 5.78. The second kappa shape index (κ2) is 6.10. The first-order valence-electron chi connectivity index (χ1n) is 6.45. The van der Waals surface area contributed by atoms with Crippen LogP contribution in [0.5, 0.6) is 0 Å². The Labute approximate surface area is 111 Å². The molecule has 0 aromatic heterocycles. The number of carbonyl (C=O) groups is 1. The number of halogens is 2. The van der Waals surface area contributed by atoms with Crippen molar-refractivity contribution in [1.82, 2.24) is 10.2 Å². The average Bonchev–Trinajstić information content (AvgIpc) is 2.86. The summed E-state index contributed by atoms with van der Waals surface area (Å²) < 4.78 is 25.8. The Kier molecular flexibility index (Phi) is 4.47. The molecule has 0 aliphatic carbocycles. The van der Waals surface area contributed by atoms with Crippen LogP contribution in [0.2, 0.25) is 0 Å². The standard InChI is InChI=1S/C14H18F2N2O/c1-18(9-11-4-5-17-8-11)14(19)7-10-2-3-12(15)13(16)6-10/h2-3,6,11,17H,4-5,7-9H2,1H3. The van der Waals surface area contributed by atoms with Crippen LogP contribution in [0, 0.1) is 17.6 Å². The molecule has 1 fully saturated rings. The van der Waals surface area contributed by atoms with Crippen molar-refractivity contribution in [3.8, 4) is 0 Å². The molecular weight excluding hydrogens is 250 g/mol. The molecular formula is C14H18F2N2O.